The Labute approximate surface area is 110 Å². The number of ether oxygens (including phenoxy) is 1. The topological polar surface area (TPSA) is 92.7 Å². The molecule has 0 spiro atoms. The molecule has 0 aromatic heterocycles. The lowest BCUT2D eigenvalue weighted by molar-refractivity contribution is -0.138. The van der Waals surface area contributed by atoms with Gasteiger partial charge in [-0.15, -0.1) is 0 Å². The van der Waals surface area contributed by atoms with Crippen LogP contribution in [0.25, 0.3) is 0 Å². The summed E-state index contributed by atoms with van der Waals surface area (Å²) < 4.78 is 30.7. The molecular formula is C10H12ClNO5S. The van der Waals surface area contributed by atoms with Gasteiger partial charge in [0.25, 0.3) is 0 Å². The van der Waals surface area contributed by atoms with E-state index in [0.717, 1.165) is 0 Å². The van der Waals surface area contributed by atoms with Crippen LogP contribution in [0.15, 0.2) is 23.1 Å². The van der Waals surface area contributed by atoms with Crippen molar-refractivity contribution in [1.29, 1.82) is 0 Å². The van der Waals surface area contributed by atoms with E-state index in [4.69, 9.17) is 21.4 Å². The molecule has 18 heavy (non-hydrogen) atoms. The minimum atomic E-state index is -4.01. The third kappa shape index (κ3) is 3.34. The van der Waals surface area contributed by atoms with Crippen LogP contribution < -0.4 is 9.46 Å². The predicted octanol–water partition coefficient (Wildman–Crippen LogP) is 1.10. The van der Waals surface area contributed by atoms with Crippen molar-refractivity contribution in [3.63, 3.8) is 0 Å². The number of rotatable bonds is 5. The second-order valence-corrected chi connectivity index (χ2v) is 5.57. The van der Waals surface area contributed by atoms with Crippen LogP contribution in [-0.2, 0) is 14.8 Å². The van der Waals surface area contributed by atoms with Crippen molar-refractivity contribution in [2.75, 3.05) is 7.11 Å². The van der Waals surface area contributed by atoms with Gasteiger partial charge in [0.15, 0.2) is 0 Å². The number of nitrogens with one attached hydrogen (secondary N) is 1. The van der Waals surface area contributed by atoms with E-state index >= 15 is 0 Å². The number of benzene rings is 1. The van der Waals surface area contributed by atoms with E-state index in [-0.39, 0.29) is 9.92 Å². The molecule has 0 aliphatic rings. The highest BCUT2D eigenvalue weighted by Crippen LogP contribution is 2.26. The fourth-order valence-electron chi connectivity index (χ4n) is 1.16. The Morgan fingerprint density at radius 3 is 2.61 bits per heavy atom. The molecule has 0 heterocycles. The summed E-state index contributed by atoms with van der Waals surface area (Å²) in [6, 6.07) is 2.83. The van der Waals surface area contributed by atoms with Crippen molar-refractivity contribution in [3.05, 3.63) is 23.2 Å². The Balaban J connectivity index is 3.16. The molecular weight excluding hydrogens is 282 g/mol. The number of hydrogen-bond acceptors (Lipinski definition) is 4. The first-order valence-electron chi connectivity index (χ1n) is 4.86. The van der Waals surface area contributed by atoms with Crippen LogP contribution in [0.1, 0.15) is 6.92 Å². The molecule has 0 fully saturated rings. The molecule has 0 unspecified atom stereocenters. The smallest absolute Gasteiger partial charge is 0.321 e. The van der Waals surface area contributed by atoms with E-state index in [0.29, 0.717) is 5.75 Å². The van der Waals surface area contributed by atoms with Gasteiger partial charge in [-0.3, -0.25) is 4.79 Å². The lowest BCUT2D eigenvalue weighted by Gasteiger charge is -2.12. The Morgan fingerprint density at radius 2 is 2.11 bits per heavy atom. The molecule has 1 aromatic rings. The quantitative estimate of drug-likeness (QED) is 0.848. The molecule has 2 N–H and O–H groups in total. The lowest BCUT2D eigenvalue weighted by atomic mass is 10.3. The fraction of sp³-hybridized carbons (Fsp3) is 0.300. The van der Waals surface area contributed by atoms with E-state index in [1.165, 1.54) is 32.2 Å². The molecule has 8 heteroatoms. The largest absolute Gasteiger partial charge is 0.497 e. The van der Waals surface area contributed by atoms with Crippen molar-refractivity contribution in [3.8, 4) is 5.75 Å². The van der Waals surface area contributed by atoms with Gasteiger partial charge in [-0.05, 0) is 19.1 Å². The van der Waals surface area contributed by atoms with Crippen LogP contribution in [0.2, 0.25) is 5.02 Å². The van der Waals surface area contributed by atoms with E-state index < -0.39 is 22.0 Å². The van der Waals surface area contributed by atoms with Crippen molar-refractivity contribution < 1.29 is 23.1 Å². The van der Waals surface area contributed by atoms with E-state index in [1.54, 1.807) is 0 Å². The zero-order chi connectivity index (χ0) is 13.9. The summed E-state index contributed by atoms with van der Waals surface area (Å²) in [4.78, 5) is 10.4. The van der Waals surface area contributed by atoms with Crippen LogP contribution in [0.5, 0.6) is 5.75 Å². The summed E-state index contributed by atoms with van der Waals surface area (Å²) >= 11 is 5.78. The molecule has 0 radical (unpaired) electrons. The number of methoxy groups -OCH3 is 1. The van der Waals surface area contributed by atoms with Gasteiger partial charge in [0, 0.05) is 6.07 Å². The summed E-state index contributed by atoms with van der Waals surface area (Å²) in [6.45, 7) is 1.22. The highest BCUT2D eigenvalue weighted by molar-refractivity contribution is 7.89. The maximum absolute atomic E-state index is 11.9. The molecule has 0 saturated heterocycles. The van der Waals surface area contributed by atoms with Gasteiger partial charge in [0.05, 0.1) is 12.1 Å². The number of sulfonamides is 1. The summed E-state index contributed by atoms with van der Waals surface area (Å²) in [5, 5.41) is 8.66. The highest BCUT2D eigenvalue weighted by Gasteiger charge is 2.24. The standard InChI is InChI=1S/C10H12ClNO5S/c1-6(10(13)14)12-18(15,16)9-5-7(17-2)3-4-8(9)11/h3-6,12H,1-2H3,(H,13,14)/t6-/m0/s1. The number of carboxylic acid groups (broad SMARTS) is 1. The summed E-state index contributed by atoms with van der Waals surface area (Å²) in [6.07, 6.45) is 0. The zero-order valence-corrected chi connectivity index (χ0v) is 11.2. The molecule has 0 saturated carbocycles. The van der Waals surface area contributed by atoms with Crippen molar-refractivity contribution in [2.24, 2.45) is 0 Å². The maximum atomic E-state index is 11.9. The number of carboxylic acids is 1. The Hall–Kier alpha value is -1.31. The zero-order valence-electron chi connectivity index (χ0n) is 9.68. The van der Waals surface area contributed by atoms with Crippen molar-refractivity contribution in [2.45, 2.75) is 17.9 Å². The first kappa shape index (κ1) is 14.7. The minimum Gasteiger partial charge on any atom is -0.497 e. The van der Waals surface area contributed by atoms with Crippen LogP contribution >= 0.6 is 11.6 Å². The third-order valence-electron chi connectivity index (χ3n) is 2.13. The molecule has 0 aliphatic heterocycles. The normalized spacial score (nSPS) is 13.1. The molecule has 0 bridgehead atoms. The van der Waals surface area contributed by atoms with Gasteiger partial charge >= 0.3 is 5.97 Å². The number of halogens is 1. The molecule has 1 atom stereocenters. The van der Waals surface area contributed by atoms with Crippen LogP contribution in [0.3, 0.4) is 0 Å². The molecule has 0 aliphatic carbocycles. The molecule has 1 aromatic carbocycles. The lowest BCUT2D eigenvalue weighted by Crippen LogP contribution is -2.38. The SMILES string of the molecule is COc1ccc(Cl)c(S(=O)(=O)N[C@@H](C)C(=O)O)c1. The Morgan fingerprint density at radius 1 is 1.50 bits per heavy atom. The van der Waals surface area contributed by atoms with Gasteiger partial charge < -0.3 is 9.84 Å². The highest BCUT2D eigenvalue weighted by atomic mass is 35.5. The number of carbonyl (C=O) groups is 1. The number of hydrogen-bond donors (Lipinski definition) is 2. The maximum Gasteiger partial charge on any atom is 0.321 e. The second kappa shape index (κ2) is 5.55. The minimum absolute atomic E-state index is 0.0131. The average molecular weight is 294 g/mol. The predicted molar refractivity (Wildman–Crippen MR) is 65.4 cm³/mol. The molecule has 1 rings (SSSR count). The van der Waals surface area contributed by atoms with Crippen LogP contribution in [-0.4, -0.2) is 32.6 Å². The van der Waals surface area contributed by atoms with Crippen molar-refractivity contribution in [1.82, 2.24) is 4.72 Å². The average Bonchev–Trinajstić information content (AvgIpc) is 2.28. The third-order valence-corrected chi connectivity index (χ3v) is 4.15. The monoisotopic (exact) mass is 293 g/mol. The fourth-order valence-corrected chi connectivity index (χ4v) is 2.87. The van der Waals surface area contributed by atoms with Gasteiger partial charge in [-0.2, -0.15) is 4.72 Å². The first-order chi connectivity index (χ1) is 8.27. The van der Waals surface area contributed by atoms with E-state index in [2.05, 4.69) is 0 Å². The van der Waals surface area contributed by atoms with E-state index in [9.17, 15) is 13.2 Å². The van der Waals surface area contributed by atoms with Crippen LogP contribution in [0.4, 0.5) is 0 Å². The second-order valence-electron chi connectivity index (χ2n) is 3.48. The van der Waals surface area contributed by atoms with Gasteiger partial charge in [-0.1, -0.05) is 11.6 Å². The van der Waals surface area contributed by atoms with Gasteiger partial charge in [0.2, 0.25) is 10.0 Å². The summed E-state index contributed by atoms with van der Waals surface area (Å²) in [5.41, 5.74) is 0. The van der Waals surface area contributed by atoms with Crippen molar-refractivity contribution >= 4 is 27.6 Å². The Kier molecular flexibility index (Phi) is 4.55. The van der Waals surface area contributed by atoms with Crippen LogP contribution in [0, 0.1) is 0 Å². The van der Waals surface area contributed by atoms with E-state index in [1.807, 2.05) is 4.72 Å². The molecule has 100 valence electrons. The molecule has 0 amide bonds. The summed E-state index contributed by atoms with van der Waals surface area (Å²) in [5.74, 6) is -0.972. The van der Waals surface area contributed by atoms with Gasteiger partial charge in [-0.25, -0.2) is 8.42 Å². The van der Waals surface area contributed by atoms with Gasteiger partial charge in [0.1, 0.15) is 16.7 Å². The number of aliphatic carboxylic acids is 1. The summed E-state index contributed by atoms with van der Waals surface area (Å²) in [7, 11) is -2.63. The Bertz CT molecular complexity index is 557. The molecule has 6 nitrogen and oxygen atoms in total. The first-order valence-corrected chi connectivity index (χ1v) is 6.72.